The quantitative estimate of drug-likeness (QED) is 0.885. The number of rotatable bonds is 3. The number of nitrogens with zero attached hydrogens (tertiary/aromatic N) is 1. The molecule has 1 aromatic rings. The van der Waals surface area contributed by atoms with Crippen LogP contribution in [0.2, 0.25) is 0 Å². The molecule has 0 saturated carbocycles. The number of hydrogen-bond donors (Lipinski definition) is 2. The predicted molar refractivity (Wildman–Crippen MR) is 85.0 cm³/mol. The van der Waals surface area contributed by atoms with E-state index in [1.54, 1.807) is 0 Å². The van der Waals surface area contributed by atoms with Gasteiger partial charge in [0.2, 0.25) is 0 Å². The van der Waals surface area contributed by atoms with Crippen LogP contribution in [0.4, 0.5) is 5.69 Å². The van der Waals surface area contributed by atoms with E-state index in [1.165, 1.54) is 0 Å². The number of hydrogen-bond acceptors (Lipinski definition) is 4. The van der Waals surface area contributed by atoms with Crippen LogP contribution in [-0.4, -0.2) is 36.5 Å². The van der Waals surface area contributed by atoms with Crippen molar-refractivity contribution in [3.63, 3.8) is 0 Å². The molecule has 0 amide bonds. The number of anilines is 1. The van der Waals surface area contributed by atoms with E-state index >= 15 is 0 Å². The first-order valence-electron chi connectivity index (χ1n) is 6.91. The fraction of sp³-hybridized carbons (Fsp3) is 0.600. The molecule has 1 saturated heterocycles. The molecule has 3 N–H and O–H groups in total. The Kier molecular flexibility index (Phi) is 4.74. The summed E-state index contributed by atoms with van der Waals surface area (Å²) in [5.74, 6) is 0. The molecule has 1 aliphatic heterocycles. The predicted octanol–water partition coefficient (Wildman–Crippen LogP) is 2.44. The maximum absolute atomic E-state index is 9.38. The Labute approximate surface area is 129 Å². The van der Waals surface area contributed by atoms with Crippen LogP contribution in [0.3, 0.4) is 0 Å². The first-order valence-corrected chi connectivity index (χ1v) is 7.70. The zero-order valence-electron chi connectivity index (χ0n) is 12.3. The van der Waals surface area contributed by atoms with Gasteiger partial charge in [-0.25, -0.2) is 0 Å². The van der Waals surface area contributed by atoms with Crippen LogP contribution in [0.15, 0.2) is 22.7 Å². The number of nitrogens with two attached hydrogens (primary N) is 1. The molecule has 0 radical (unpaired) electrons. The summed E-state index contributed by atoms with van der Waals surface area (Å²) in [6.45, 7) is 7.61. The van der Waals surface area contributed by atoms with Crippen molar-refractivity contribution in [3.05, 3.63) is 28.2 Å². The first-order chi connectivity index (χ1) is 9.32. The lowest BCUT2D eigenvalue weighted by molar-refractivity contribution is -0.101. The van der Waals surface area contributed by atoms with Gasteiger partial charge in [0.25, 0.3) is 0 Å². The average molecular weight is 343 g/mol. The third kappa shape index (κ3) is 3.52. The molecule has 1 aliphatic rings. The lowest BCUT2D eigenvalue weighted by atomic mass is 10.0. The van der Waals surface area contributed by atoms with Crippen molar-refractivity contribution < 1.29 is 9.84 Å². The van der Waals surface area contributed by atoms with E-state index in [0.29, 0.717) is 6.54 Å². The molecule has 112 valence electrons. The Hall–Kier alpha value is -0.620. The summed E-state index contributed by atoms with van der Waals surface area (Å²) < 4.78 is 6.87. The van der Waals surface area contributed by atoms with Gasteiger partial charge in [0.15, 0.2) is 0 Å². The Bertz CT molecular complexity index is 477. The van der Waals surface area contributed by atoms with Crippen molar-refractivity contribution in [1.29, 1.82) is 0 Å². The van der Waals surface area contributed by atoms with Crippen LogP contribution in [0.25, 0.3) is 0 Å². The molecule has 0 aliphatic carbocycles. The Morgan fingerprint density at radius 1 is 1.55 bits per heavy atom. The first kappa shape index (κ1) is 15.8. The third-order valence-electron chi connectivity index (χ3n) is 3.52. The van der Waals surface area contributed by atoms with Gasteiger partial charge in [0, 0.05) is 29.3 Å². The van der Waals surface area contributed by atoms with Crippen molar-refractivity contribution >= 4 is 21.6 Å². The van der Waals surface area contributed by atoms with Crippen molar-refractivity contribution in [2.24, 2.45) is 5.73 Å². The normalized spacial score (nSPS) is 23.7. The summed E-state index contributed by atoms with van der Waals surface area (Å²) >= 11 is 3.59. The van der Waals surface area contributed by atoms with Crippen LogP contribution in [-0.2, 0) is 4.74 Å². The molecule has 2 atom stereocenters. The van der Waals surface area contributed by atoms with E-state index < -0.39 is 0 Å². The minimum absolute atomic E-state index is 0.00439. The Morgan fingerprint density at radius 3 is 2.80 bits per heavy atom. The van der Waals surface area contributed by atoms with Gasteiger partial charge in [-0.15, -0.1) is 0 Å². The van der Waals surface area contributed by atoms with Gasteiger partial charge < -0.3 is 20.5 Å². The number of benzene rings is 1. The molecule has 1 aromatic carbocycles. The second kappa shape index (κ2) is 6.02. The van der Waals surface area contributed by atoms with Gasteiger partial charge in [-0.05, 0) is 38.5 Å². The summed E-state index contributed by atoms with van der Waals surface area (Å²) in [5, 5.41) is 9.38. The minimum atomic E-state index is -0.266. The number of aliphatic hydroxyl groups is 1. The van der Waals surface area contributed by atoms with Gasteiger partial charge in [-0.3, -0.25) is 0 Å². The average Bonchev–Trinajstić information content (AvgIpc) is 2.36. The largest absolute Gasteiger partial charge is 0.394 e. The molecule has 0 bridgehead atoms. The maximum atomic E-state index is 9.38. The van der Waals surface area contributed by atoms with E-state index in [2.05, 4.69) is 39.0 Å². The van der Waals surface area contributed by atoms with Gasteiger partial charge in [0.1, 0.15) is 0 Å². The van der Waals surface area contributed by atoms with Crippen molar-refractivity contribution in [2.75, 3.05) is 24.6 Å². The highest BCUT2D eigenvalue weighted by Crippen LogP contribution is 2.31. The monoisotopic (exact) mass is 342 g/mol. The van der Waals surface area contributed by atoms with Crippen LogP contribution in [0, 0.1) is 0 Å². The molecule has 20 heavy (non-hydrogen) atoms. The molecule has 1 fully saturated rings. The van der Waals surface area contributed by atoms with E-state index in [-0.39, 0.29) is 24.4 Å². The third-order valence-corrected chi connectivity index (χ3v) is 4.21. The highest BCUT2D eigenvalue weighted by molar-refractivity contribution is 9.10. The lowest BCUT2D eigenvalue weighted by Gasteiger charge is -2.43. The second-order valence-corrected chi connectivity index (χ2v) is 6.91. The second-order valence-electron chi connectivity index (χ2n) is 6.06. The van der Waals surface area contributed by atoms with Crippen molar-refractivity contribution in [3.8, 4) is 0 Å². The topological polar surface area (TPSA) is 58.7 Å². The minimum Gasteiger partial charge on any atom is -0.394 e. The zero-order chi connectivity index (χ0) is 14.9. The molecular formula is C15H23BrN2O2. The summed E-state index contributed by atoms with van der Waals surface area (Å²) in [4.78, 5) is 2.25. The Balaban J connectivity index is 2.24. The fourth-order valence-corrected chi connectivity index (χ4v) is 3.40. The molecule has 1 heterocycles. The SMILES string of the molecule is C[C@@H](N)c1ccc(N2CC(CO)OC(C)(C)C2)cc1Br. The Morgan fingerprint density at radius 2 is 2.25 bits per heavy atom. The van der Waals surface area contributed by atoms with Gasteiger partial charge in [0.05, 0.1) is 18.3 Å². The van der Waals surface area contributed by atoms with Crippen molar-refractivity contribution in [1.82, 2.24) is 0 Å². The van der Waals surface area contributed by atoms with Gasteiger partial charge >= 0.3 is 0 Å². The molecule has 4 nitrogen and oxygen atoms in total. The van der Waals surface area contributed by atoms with Gasteiger partial charge in [-0.2, -0.15) is 0 Å². The summed E-state index contributed by atoms with van der Waals surface area (Å²) in [5.41, 5.74) is 7.89. The van der Waals surface area contributed by atoms with E-state index in [9.17, 15) is 5.11 Å². The van der Waals surface area contributed by atoms with E-state index in [0.717, 1.165) is 22.3 Å². The summed E-state index contributed by atoms with van der Waals surface area (Å²) in [7, 11) is 0. The maximum Gasteiger partial charge on any atom is 0.0988 e. The molecule has 5 heteroatoms. The fourth-order valence-electron chi connectivity index (χ4n) is 2.67. The smallest absolute Gasteiger partial charge is 0.0988 e. The van der Waals surface area contributed by atoms with E-state index in [4.69, 9.17) is 10.5 Å². The zero-order valence-corrected chi connectivity index (χ0v) is 13.9. The number of halogens is 1. The number of aliphatic hydroxyl groups excluding tert-OH is 1. The molecular weight excluding hydrogens is 320 g/mol. The molecule has 0 spiro atoms. The highest BCUT2D eigenvalue weighted by Gasteiger charge is 2.33. The number of morpholine rings is 1. The van der Waals surface area contributed by atoms with Crippen LogP contribution in [0.1, 0.15) is 32.4 Å². The van der Waals surface area contributed by atoms with Crippen LogP contribution < -0.4 is 10.6 Å². The summed E-state index contributed by atoms with van der Waals surface area (Å²) in [6, 6.07) is 6.23. The van der Waals surface area contributed by atoms with Crippen molar-refractivity contribution in [2.45, 2.75) is 38.5 Å². The standard InChI is InChI=1S/C15H23BrN2O2/c1-10(17)13-5-4-11(6-14(13)16)18-7-12(8-19)20-15(2,3)9-18/h4-6,10,12,19H,7-9,17H2,1-3H3/t10-,12?/m1/s1. The molecule has 2 rings (SSSR count). The number of ether oxygens (including phenoxy) is 1. The summed E-state index contributed by atoms with van der Waals surface area (Å²) in [6.07, 6.45) is -0.148. The van der Waals surface area contributed by atoms with Gasteiger partial charge in [-0.1, -0.05) is 22.0 Å². The highest BCUT2D eigenvalue weighted by atomic mass is 79.9. The van der Waals surface area contributed by atoms with E-state index in [1.807, 2.05) is 20.8 Å². The van der Waals surface area contributed by atoms with Crippen LogP contribution in [0.5, 0.6) is 0 Å². The molecule has 1 unspecified atom stereocenters. The molecule has 0 aromatic heterocycles. The lowest BCUT2D eigenvalue weighted by Crippen LogP contribution is -2.54. The van der Waals surface area contributed by atoms with Crippen LogP contribution >= 0.6 is 15.9 Å².